The molecule has 0 fully saturated rings. The van der Waals surface area contributed by atoms with E-state index < -0.39 is 0 Å². The molecule has 1 heteroatoms. The van der Waals surface area contributed by atoms with E-state index in [-0.39, 0.29) is 10.8 Å². The summed E-state index contributed by atoms with van der Waals surface area (Å²) < 4.78 is 0. The topological polar surface area (TPSA) is 3.24 Å². The Morgan fingerprint density at radius 3 is 1.70 bits per heavy atom. The molecule has 9 rings (SSSR count). The van der Waals surface area contributed by atoms with E-state index in [2.05, 4.69) is 222 Å². The molecule has 272 valence electrons. The van der Waals surface area contributed by atoms with Crippen molar-refractivity contribution < 1.29 is 0 Å². The maximum Gasteiger partial charge on any atom is 0.0540 e. The summed E-state index contributed by atoms with van der Waals surface area (Å²) in [5.74, 6) is 0. The van der Waals surface area contributed by atoms with Crippen molar-refractivity contribution in [1.29, 1.82) is 0 Å². The zero-order valence-corrected chi connectivity index (χ0v) is 33.0. The van der Waals surface area contributed by atoms with E-state index >= 15 is 0 Å². The van der Waals surface area contributed by atoms with Crippen LogP contribution in [0.5, 0.6) is 0 Å². The number of fused-ring (bicyclic) bond motifs is 4. The van der Waals surface area contributed by atoms with Gasteiger partial charge in [0, 0.05) is 27.8 Å². The first-order chi connectivity index (χ1) is 27.2. The van der Waals surface area contributed by atoms with Crippen LogP contribution in [0.1, 0.15) is 62.4 Å². The van der Waals surface area contributed by atoms with Crippen LogP contribution in [0.2, 0.25) is 0 Å². The first kappa shape index (κ1) is 35.3. The first-order valence-electron chi connectivity index (χ1n) is 19.7. The molecule has 7 aromatic rings. The van der Waals surface area contributed by atoms with Crippen LogP contribution in [-0.4, -0.2) is 0 Å². The Hall–Kier alpha value is -6.44. The third kappa shape index (κ3) is 5.78. The van der Waals surface area contributed by atoms with Gasteiger partial charge in [0.25, 0.3) is 0 Å². The molecule has 0 radical (unpaired) electrons. The molecule has 0 aliphatic heterocycles. The van der Waals surface area contributed by atoms with Crippen LogP contribution in [0.3, 0.4) is 0 Å². The van der Waals surface area contributed by atoms with Gasteiger partial charge in [0.2, 0.25) is 0 Å². The summed E-state index contributed by atoms with van der Waals surface area (Å²) in [4.78, 5) is 2.40. The normalized spacial score (nSPS) is 14.9. The minimum absolute atomic E-state index is 0.0390. The molecule has 0 saturated heterocycles. The molecule has 0 spiro atoms. The van der Waals surface area contributed by atoms with Crippen LogP contribution >= 0.6 is 0 Å². The van der Waals surface area contributed by atoms with Crippen molar-refractivity contribution >= 4 is 28.2 Å². The third-order valence-corrected chi connectivity index (χ3v) is 12.3. The van der Waals surface area contributed by atoms with Crippen molar-refractivity contribution in [2.75, 3.05) is 4.90 Å². The van der Waals surface area contributed by atoms with Gasteiger partial charge in [-0.05, 0) is 116 Å². The Morgan fingerprint density at radius 2 is 1.02 bits per heavy atom. The van der Waals surface area contributed by atoms with Gasteiger partial charge in [0.15, 0.2) is 0 Å². The molecular formula is C55H47N. The number of hydrogen-bond acceptors (Lipinski definition) is 1. The Balaban J connectivity index is 1.10. The Bertz CT molecular complexity index is 2680. The molecule has 0 bridgehead atoms. The molecule has 0 heterocycles. The fourth-order valence-corrected chi connectivity index (χ4v) is 9.19. The van der Waals surface area contributed by atoms with Gasteiger partial charge >= 0.3 is 0 Å². The van der Waals surface area contributed by atoms with Crippen molar-refractivity contribution in [1.82, 2.24) is 0 Å². The lowest BCUT2D eigenvalue weighted by Crippen LogP contribution is -2.16. The molecule has 0 unspecified atom stereocenters. The lowest BCUT2D eigenvalue weighted by molar-refractivity contribution is 0.654. The minimum atomic E-state index is -0.105. The van der Waals surface area contributed by atoms with E-state index in [0.717, 1.165) is 17.1 Å². The minimum Gasteiger partial charge on any atom is -0.310 e. The molecule has 0 N–H and O–H groups in total. The maximum atomic E-state index is 4.21. The Labute approximate surface area is 332 Å². The van der Waals surface area contributed by atoms with Gasteiger partial charge in [-0.1, -0.05) is 180 Å². The number of nitrogens with zero attached hydrogens (tertiary/aromatic N) is 1. The van der Waals surface area contributed by atoms with Gasteiger partial charge in [-0.3, -0.25) is 0 Å². The fraction of sp³-hybridized carbons (Fsp3) is 0.127. The van der Waals surface area contributed by atoms with E-state index in [9.17, 15) is 0 Å². The van der Waals surface area contributed by atoms with E-state index in [0.29, 0.717) is 0 Å². The Morgan fingerprint density at radius 1 is 0.482 bits per heavy atom. The highest BCUT2D eigenvalue weighted by molar-refractivity contribution is 5.91. The van der Waals surface area contributed by atoms with Crippen LogP contribution in [0.25, 0.3) is 44.5 Å². The van der Waals surface area contributed by atoms with Gasteiger partial charge in [-0.15, -0.1) is 0 Å². The molecule has 2 aliphatic rings. The molecule has 7 aromatic carbocycles. The standard InChI is InChI=1S/C55H47N/c1-7-44-46-20-11-14-22-49(46)54(3,4)51(44)35-37(2)38-25-30-42(31-26-38)56(53-24-16-13-19-45(53)40-17-9-8-10-18-40)43-32-27-39(28-33-43)41-29-34-48-47-21-12-15-23-50(47)55(5,6)52(48)36-41/h7-36H,1H2,2-6H3/b37-35+. The number of allylic oxidation sites excluding steroid dienone is 5. The highest BCUT2D eigenvalue weighted by Crippen LogP contribution is 2.50. The molecule has 0 atom stereocenters. The average Bonchev–Trinajstić information content (AvgIpc) is 3.60. The quantitative estimate of drug-likeness (QED) is 0.151. The number of rotatable bonds is 8. The van der Waals surface area contributed by atoms with Crippen molar-refractivity contribution in [3.63, 3.8) is 0 Å². The summed E-state index contributed by atoms with van der Waals surface area (Å²) >= 11 is 0. The smallest absolute Gasteiger partial charge is 0.0540 e. The second-order valence-corrected chi connectivity index (χ2v) is 16.3. The van der Waals surface area contributed by atoms with Crippen molar-refractivity contribution in [2.24, 2.45) is 0 Å². The van der Waals surface area contributed by atoms with Crippen molar-refractivity contribution in [2.45, 2.75) is 45.4 Å². The van der Waals surface area contributed by atoms with Crippen LogP contribution < -0.4 is 4.90 Å². The predicted molar refractivity (Wildman–Crippen MR) is 240 cm³/mol. The average molecular weight is 722 g/mol. The molecule has 1 nitrogen and oxygen atoms in total. The zero-order chi connectivity index (χ0) is 38.6. The van der Waals surface area contributed by atoms with Gasteiger partial charge in [0.05, 0.1) is 5.69 Å². The van der Waals surface area contributed by atoms with Gasteiger partial charge < -0.3 is 4.90 Å². The lowest BCUT2D eigenvalue weighted by Gasteiger charge is -2.28. The van der Waals surface area contributed by atoms with Gasteiger partial charge in [0.1, 0.15) is 0 Å². The highest BCUT2D eigenvalue weighted by Gasteiger charge is 2.36. The summed E-state index contributed by atoms with van der Waals surface area (Å²) in [6, 6.07) is 62.2. The number of para-hydroxylation sites is 1. The maximum absolute atomic E-state index is 4.21. The van der Waals surface area contributed by atoms with E-state index in [1.54, 1.807) is 0 Å². The molecule has 0 amide bonds. The molecule has 0 saturated carbocycles. The summed E-state index contributed by atoms with van der Waals surface area (Å²) in [6.07, 6.45) is 4.39. The monoisotopic (exact) mass is 721 g/mol. The lowest BCUT2D eigenvalue weighted by atomic mass is 9.80. The molecular weight excluding hydrogens is 675 g/mol. The van der Waals surface area contributed by atoms with Gasteiger partial charge in [-0.25, -0.2) is 0 Å². The fourth-order valence-electron chi connectivity index (χ4n) is 9.19. The summed E-state index contributed by atoms with van der Waals surface area (Å²) in [5, 5.41) is 0. The SMILES string of the molecule is C=CC1=C(/C=C(\C)c2ccc(N(c3ccc(-c4ccc5c(c4)C(C)(C)c4ccccc4-5)cc3)c3ccccc3-c3ccccc3)cc2)C(C)(C)c2ccccc21. The second kappa shape index (κ2) is 13.7. The second-order valence-electron chi connectivity index (χ2n) is 16.3. The predicted octanol–water partition coefficient (Wildman–Crippen LogP) is 15.1. The van der Waals surface area contributed by atoms with E-state index in [1.165, 1.54) is 77.9 Å². The van der Waals surface area contributed by atoms with E-state index in [4.69, 9.17) is 0 Å². The van der Waals surface area contributed by atoms with Gasteiger partial charge in [-0.2, -0.15) is 0 Å². The summed E-state index contributed by atoms with van der Waals surface area (Å²) in [5.41, 5.74) is 21.1. The van der Waals surface area contributed by atoms with Crippen LogP contribution in [0.4, 0.5) is 17.1 Å². The summed E-state index contributed by atoms with van der Waals surface area (Å²) in [7, 11) is 0. The highest BCUT2D eigenvalue weighted by atomic mass is 15.1. The Kier molecular flexibility index (Phi) is 8.63. The molecule has 56 heavy (non-hydrogen) atoms. The van der Waals surface area contributed by atoms with Crippen LogP contribution in [0.15, 0.2) is 194 Å². The first-order valence-corrected chi connectivity index (χ1v) is 19.7. The number of anilines is 3. The largest absolute Gasteiger partial charge is 0.310 e. The number of hydrogen-bond donors (Lipinski definition) is 0. The molecule has 2 aliphatic carbocycles. The van der Waals surface area contributed by atoms with Crippen LogP contribution in [0, 0.1) is 0 Å². The van der Waals surface area contributed by atoms with E-state index in [1.807, 2.05) is 6.08 Å². The van der Waals surface area contributed by atoms with Crippen LogP contribution in [-0.2, 0) is 10.8 Å². The zero-order valence-electron chi connectivity index (χ0n) is 33.0. The summed E-state index contributed by atoms with van der Waals surface area (Å²) in [6.45, 7) is 15.8. The number of benzene rings is 7. The third-order valence-electron chi connectivity index (χ3n) is 12.3. The van der Waals surface area contributed by atoms with Crippen molar-refractivity contribution in [3.05, 3.63) is 222 Å². The van der Waals surface area contributed by atoms with Crippen molar-refractivity contribution in [3.8, 4) is 33.4 Å². The molecule has 0 aromatic heterocycles.